The standard InChI is InChI=1S/C25H27ClN2O3/c1-17(2)25(29)28-22-12-10-21(11-13-22)27-15-19-7-5-9-23(30-3)24(19)31-16-18-6-4-8-20(26)14-18/h4-14,17,27H,15-16H2,1-3H3,(H,28,29). The zero-order chi connectivity index (χ0) is 22.2. The third-order valence-corrected chi connectivity index (χ3v) is 4.95. The van der Waals surface area contributed by atoms with E-state index in [1.807, 2.05) is 80.6 Å². The van der Waals surface area contributed by atoms with E-state index in [1.54, 1.807) is 7.11 Å². The van der Waals surface area contributed by atoms with Crippen LogP contribution in [-0.4, -0.2) is 13.0 Å². The van der Waals surface area contributed by atoms with Gasteiger partial charge >= 0.3 is 0 Å². The quantitative estimate of drug-likeness (QED) is 0.421. The molecule has 0 heterocycles. The fourth-order valence-electron chi connectivity index (χ4n) is 2.96. The van der Waals surface area contributed by atoms with Gasteiger partial charge < -0.3 is 20.1 Å². The van der Waals surface area contributed by atoms with Gasteiger partial charge in [-0.2, -0.15) is 0 Å². The van der Waals surface area contributed by atoms with Gasteiger partial charge in [-0.15, -0.1) is 0 Å². The molecule has 0 aromatic heterocycles. The van der Waals surface area contributed by atoms with E-state index in [0.717, 1.165) is 22.5 Å². The van der Waals surface area contributed by atoms with Gasteiger partial charge in [0.05, 0.1) is 7.11 Å². The van der Waals surface area contributed by atoms with E-state index in [1.165, 1.54) is 0 Å². The summed E-state index contributed by atoms with van der Waals surface area (Å²) in [5.41, 5.74) is 3.66. The van der Waals surface area contributed by atoms with Crippen molar-refractivity contribution in [2.75, 3.05) is 17.7 Å². The molecular weight excluding hydrogens is 412 g/mol. The summed E-state index contributed by atoms with van der Waals surface area (Å²) in [7, 11) is 1.63. The van der Waals surface area contributed by atoms with Gasteiger partial charge in [-0.3, -0.25) is 4.79 Å². The summed E-state index contributed by atoms with van der Waals surface area (Å²) in [6.07, 6.45) is 0. The monoisotopic (exact) mass is 438 g/mol. The van der Waals surface area contributed by atoms with Crippen LogP contribution in [0.5, 0.6) is 11.5 Å². The first-order valence-electron chi connectivity index (χ1n) is 10.1. The highest BCUT2D eigenvalue weighted by molar-refractivity contribution is 6.30. The van der Waals surface area contributed by atoms with E-state index < -0.39 is 0 Å². The molecule has 0 saturated heterocycles. The molecule has 0 fully saturated rings. The minimum absolute atomic E-state index is 0.00131. The van der Waals surface area contributed by atoms with Crippen LogP contribution in [0.25, 0.3) is 0 Å². The summed E-state index contributed by atoms with van der Waals surface area (Å²) in [5, 5.41) is 6.96. The first-order valence-corrected chi connectivity index (χ1v) is 10.5. The Morgan fingerprint density at radius 1 is 1.00 bits per heavy atom. The number of amides is 1. The van der Waals surface area contributed by atoms with E-state index >= 15 is 0 Å². The van der Waals surface area contributed by atoms with E-state index in [4.69, 9.17) is 21.1 Å². The molecule has 0 aliphatic carbocycles. The number of ether oxygens (including phenoxy) is 2. The Labute approximate surface area is 188 Å². The molecule has 2 N–H and O–H groups in total. The number of halogens is 1. The molecule has 0 bridgehead atoms. The highest BCUT2D eigenvalue weighted by Crippen LogP contribution is 2.32. The fraction of sp³-hybridized carbons (Fsp3) is 0.240. The molecule has 0 aliphatic heterocycles. The lowest BCUT2D eigenvalue weighted by Crippen LogP contribution is -2.17. The van der Waals surface area contributed by atoms with Gasteiger partial charge in [-0.05, 0) is 48.0 Å². The number of nitrogens with one attached hydrogen (secondary N) is 2. The van der Waals surface area contributed by atoms with E-state index in [0.29, 0.717) is 29.7 Å². The van der Waals surface area contributed by atoms with Crippen molar-refractivity contribution in [1.82, 2.24) is 0 Å². The van der Waals surface area contributed by atoms with Crippen molar-refractivity contribution >= 4 is 28.9 Å². The van der Waals surface area contributed by atoms with Gasteiger partial charge in [-0.1, -0.05) is 49.7 Å². The lowest BCUT2D eigenvalue weighted by Gasteiger charge is -2.16. The van der Waals surface area contributed by atoms with E-state index in [9.17, 15) is 4.79 Å². The molecule has 0 unspecified atom stereocenters. The maximum atomic E-state index is 11.8. The van der Waals surface area contributed by atoms with Crippen LogP contribution in [0, 0.1) is 5.92 Å². The number of carbonyl (C=O) groups excluding carboxylic acids is 1. The predicted molar refractivity (Wildman–Crippen MR) is 126 cm³/mol. The van der Waals surface area contributed by atoms with Crippen LogP contribution >= 0.6 is 11.6 Å². The molecule has 6 heteroatoms. The molecule has 0 atom stereocenters. The second-order valence-electron chi connectivity index (χ2n) is 7.44. The summed E-state index contributed by atoms with van der Waals surface area (Å²) in [6, 6.07) is 21.0. The molecule has 162 valence electrons. The molecule has 1 amide bonds. The average Bonchev–Trinajstić information content (AvgIpc) is 2.77. The van der Waals surface area contributed by atoms with Crippen molar-refractivity contribution in [1.29, 1.82) is 0 Å². The Bertz CT molecular complexity index is 1020. The van der Waals surface area contributed by atoms with Crippen molar-refractivity contribution in [3.8, 4) is 11.5 Å². The maximum Gasteiger partial charge on any atom is 0.226 e. The number of para-hydroxylation sites is 1. The van der Waals surface area contributed by atoms with Crippen LogP contribution in [0.1, 0.15) is 25.0 Å². The normalized spacial score (nSPS) is 10.6. The molecule has 0 aliphatic rings. The first-order chi connectivity index (χ1) is 15.0. The maximum absolute atomic E-state index is 11.8. The molecule has 0 radical (unpaired) electrons. The largest absolute Gasteiger partial charge is 0.493 e. The van der Waals surface area contributed by atoms with Gasteiger partial charge in [0.1, 0.15) is 6.61 Å². The zero-order valence-corrected chi connectivity index (χ0v) is 18.7. The Morgan fingerprint density at radius 3 is 2.39 bits per heavy atom. The molecule has 0 spiro atoms. The lowest BCUT2D eigenvalue weighted by atomic mass is 10.1. The highest BCUT2D eigenvalue weighted by atomic mass is 35.5. The van der Waals surface area contributed by atoms with E-state index in [2.05, 4.69) is 10.6 Å². The number of rotatable bonds is 9. The Balaban J connectivity index is 1.67. The number of benzene rings is 3. The van der Waals surface area contributed by atoms with Crippen molar-refractivity contribution in [2.45, 2.75) is 27.0 Å². The number of hydrogen-bond donors (Lipinski definition) is 2. The fourth-order valence-corrected chi connectivity index (χ4v) is 3.18. The first kappa shape index (κ1) is 22.5. The van der Waals surface area contributed by atoms with Crippen molar-refractivity contribution < 1.29 is 14.3 Å². The topological polar surface area (TPSA) is 59.6 Å². The summed E-state index contributed by atoms with van der Waals surface area (Å²) < 4.78 is 11.6. The second-order valence-corrected chi connectivity index (χ2v) is 7.88. The van der Waals surface area contributed by atoms with Gasteiger partial charge in [-0.25, -0.2) is 0 Å². The molecule has 31 heavy (non-hydrogen) atoms. The molecule has 5 nitrogen and oxygen atoms in total. The molecule has 3 rings (SSSR count). The Kier molecular flexibility index (Phi) is 7.79. The second kappa shape index (κ2) is 10.7. The number of hydrogen-bond acceptors (Lipinski definition) is 4. The molecule has 0 saturated carbocycles. The SMILES string of the molecule is COc1cccc(CNc2ccc(NC(=O)C(C)C)cc2)c1OCc1cccc(Cl)c1. The van der Waals surface area contributed by atoms with Gasteiger partial charge in [0, 0.05) is 34.4 Å². The summed E-state index contributed by atoms with van der Waals surface area (Å²) >= 11 is 6.07. The molecule has 3 aromatic rings. The molecular formula is C25H27ClN2O3. The number of anilines is 2. The van der Waals surface area contributed by atoms with Crippen LogP contribution in [0.3, 0.4) is 0 Å². The smallest absolute Gasteiger partial charge is 0.226 e. The van der Waals surface area contributed by atoms with Crippen molar-refractivity contribution in [3.05, 3.63) is 82.9 Å². The van der Waals surface area contributed by atoms with Crippen LogP contribution < -0.4 is 20.1 Å². The highest BCUT2D eigenvalue weighted by Gasteiger charge is 2.12. The van der Waals surface area contributed by atoms with Gasteiger partial charge in [0.15, 0.2) is 11.5 Å². The lowest BCUT2D eigenvalue weighted by molar-refractivity contribution is -0.118. The Hall–Kier alpha value is -3.18. The molecule has 3 aromatic carbocycles. The summed E-state index contributed by atoms with van der Waals surface area (Å²) in [5.74, 6) is 1.31. The van der Waals surface area contributed by atoms with Crippen LogP contribution in [-0.2, 0) is 17.9 Å². The predicted octanol–water partition coefficient (Wildman–Crippen LogP) is 6.13. The average molecular weight is 439 g/mol. The van der Waals surface area contributed by atoms with Crippen LogP contribution in [0.2, 0.25) is 5.02 Å². The summed E-state index contributed by atoms with van der Waals surface area (Å²) in [4.78, 5) is 11.8. The van der Waals surface area contributed by atoms with Gasteiger partial charge in [0.25, 0.3) is 0 Å². The third-order valence-electron chi connectivity index (χ3n) is 4.71. The summed E-state index contributed by atoms with van der Waals surface area (Å²) in [6.45, 7) is 4.68. The van der Waals surface area contributed by atoms with Crippen LogP contribution in [0.4, 0.5) is 11.4 Å². The number of carbonyl (C=O) groups is 1. The number of methoxy groups -OCH3 is 1. The third kappa shape index (κ3) is 6.40. The van der Waals surface area contributed by atoms with Crippen LogP contribution in [0.15, 0.2) is 66.7 Å². The van der Waals surface area contributed by atoms with Crippen molar-refractivity contribution in [3.63, 3.8) is 0 Å². The Morgan fingerprint density at radius 2 is 1.71 bits per heavy atom. The minimum atomic E-state index is -0.0591. The van der Waals surface area contributed by atoms with Gasteiger partial charge in [0.2, 0.25) is 5.91 Å². The van der Waals surface area contributed by atoms with E-state index in [-0.39, 0.29) is 11.8 Å². The minimum Gasteiger partial charge on any atom is -0.493 e. The van der Waals surface area contributed by atoms with Crippen molar-refractivity contribution in [2.24, 2.45) is 5.92 Å². The zero-order valence-electron chi connectivity index (χ0n) is 17.9.